The van der Waals surface area contributed by atoms with E-state index in [4.69, 9.17) is 28.9 Å². The molecule has 0 aliphatic heterocycles. The fraction of sp³-hybridized carbons (Fsp3) is 0. The van der Waals surface area contributed by atoms with E-state index in [-0.39, 0.29) is 5.95 Å². The topological polar surface area (TPSA) is 51.8 Å². The van der Waals surface area contributed by atoms with E-state index >= 15 is 0 Å². The van der Waals surface area contributed by atoms with Gasteiger partial charge in [-0.1, -0.05) is 46.7 Å². The molecule has 3 aromatic rings. The molecule has 0 spiro atoms. The van der Waals surface area contributed by atoms with E-state index in [0.717, 1.165) is 19.8 Å². The second-order valence-corrected chi connectivity index (χ2v) is 7.58. The average Bonchev–Trinajstić information content (AvgIpc) is 2.51. The van der Waals surface area contributed by atoms with Crippen molar-refractivity contribution >= 4 is 52.7 Å². The molecule has 2 aromatic carbocycles. The Kier molecular flexibility index (Phi) is 5.33. The van der Waals surface area contributed by atoms with E-state index in [0.29, 0.717) is 10.0 Å². The Bertz CT molecular complexity index is 743. The summed E-state index contributed by atoms with van der Waals surface area (Å²) in [6, 6.07) is 17.1. The number of hydrogen-bond acceptors (Lipinski definition) is 5. The van der Waals surface area contributed by atoms with Crippen molar-refractivity contribution in [2.75, 3.05) is 5.73 Å². The maximum Gasteiger partial charge on any atom is 0.222 e. The predicted octanol–water partition coefficient (Wildman–Crippen LogP) is 5.67. The second-order valence-electron chi connectivity index (χ2n) is 4.51. The molecule has 116 valence electrons. The summed E-state index contributed by atoms with van der Waals surface area (Å²) in [5.74, 6) is 0.250. The first kappa shape index (κ1) is 16.5. The Morgan fingerprint density at radius 2 is 1.09 bits per heavy atom. The van der Waals surface area contributed by atoms with E-state index in [1.807, 2.05) is 54.6 Å². The molecular weight excluding hydrogens is 369 g/mol. The van der Waals surface area contributed by atoms with Crippen LogP contribution in [-0.2, 0) is 0 Å². The minimum atomic E-state index is 0.250. The van der Waals surface area contributed by atoms with Crippen LogP contribution in [0.25, 0.3) is 0 Å². The molecule has 0 amide bonds. The van der Waals surface area contributed by atoms with Gasteiger partial charge < -0.3 is 5.73 Å². The van der Waals surface area contributed by atoms with Crippen LogP contribution < -0.4 is 5.73 Å². The van der Waals surface area contributed by atoms with Gasteiger partial charge in [0.15, 0.2) is 0 Å². The average molecular weight is 380 g/mol. The van der Waals surface area contributed by atoms with Crippen molar-refractivity contribution in [2.45, 2.75) is 19.8 Å². The molecular formula is C16H11Cl2N3S2. The van der Waals surface area contributed by atoms with Crippen LogP contribution in [0.4, 0.5) is 5.95 Å². The standard InChI is InChI=1S/C16H11Cl2N3S2/c17-10-1-5-12(6-2-10)22-14-9-15(21-16(19)20-14)23-13-7-3-11(18)4-8-13/h1-9H,(H2,19,20,21). The minimum absolute atomic E-state index is 0.250. The highest BCUT2D eigenvalue weighted by atomic mass is 35.5. The summed E-state index contributed by atoms with van der Waals surface area (Å²) < 4.78 is 0. The summed E-state index contributed by atoms with van der Waals surface area (Å²) in [5, 5.41) is 2.98. The number of aromatic nitrogens is 2. The maximum absolute atomic E-state index is 5.90. The molecule has 0 bridgehead atoms. The van der Waals surface area contributed by atoms with Crippen LogP contribution in [0, 0.1) is 0 Å². The van der Waals surface area contributed by atoms with Gasteiger partial charge in [0.2, 0.25) is 5.95 Å². The van der Waals surface area contributed by atoms with Crippen molar-refractivity contribution < 1.29 is 0 Å². The summed E-state index contributed by atoms with van der Waals surface area (Å²) in [7, 11) is 0. The van der Waals surface area contributed by atoms with Crippen LogP contribution in [0.2, 0.25) is 10.0 Å². The lowest BCUT2D eigenvalue weighted by Crippen LogP contribution is -1.97. The molecule has 3 nitrogen and oxygen atoms in total. The number of benzene rings is 2. The minimum Gasteiger partial charge on any atom is -0.368 e. The van der Waals surface area contributed by atoms with Crippen molar-refractivity contribution in [1.29, 1.82) is 0 Å². The molecule has 0 saturated carbocycles. The van der Waals surface area contributed by atoms with Gasteiger partial charge in [0, 0.05) is 25.9 Å². The molecule has 3 rings (SSSR count). The number of nitrogens with zero attached hydrogens (tertiary/aromatic N) is 2. The molecule has 1 aromatic heterocycles. The molecule has 0 fully saturated rings. The number of nitrogens with two attached hydrogens (primary N) is 1. The Morgan fingerprint density at radius 3 is 1.48 bits per heavy atom. The molecule has 0 saturated heterocycles. The summed E-state index contributed by atoms with van der Waals surface area (Å²) in [6.45, 7) is 0. The zero-order chi connectivity index (χ0) is 16.2. The summed E-state index contributed by atoms with van der Waals surface area (Å²) >= 11 is 14.8. The van der Waals surface area contributed by atoms with Gasteiger partial charge in [0.05, 0.1) is 0 Å². The highest BCUT2D eigenvalue weighted by molar-refractivity contribution is 8.00. The monoisotopic (exact) mass is 379 g/mol. The van der Waals surface area contributed by atoms with Crippen molar-refractivity contribution in [2.24, 2.45) is 0 Å². The lowest BCUT2D eigenvalue weighted by Gasteiger charge is -2.06. The van der Waals surface area contributed by atoms with Crippen LogP contribution in [0.1, 0.15) is 0 Å². The first-order valence-electron chi connectivity index (χ1n) is 6.60. The zero-order valence-electron chi connectivity index (χ0n) is 11.7. The number of hydrogen-bond donors (Lipinski definition) is 1. The highest BCUT2D eigenvalue weighted by Crippen LogP contribution is 2.32. The van der Waals surface area contributed by atoms with Crippen molar-refractivity contribution in [3.63, 3.8) is 0 Å². The fourth-order valence-electron chi connectivity index (χ4n) is 1.77. The van der Waals surface area contributed by atoms with Crippen LogP contribution in [0.3, 0.4) is 0 Å². The fourth-order valence-corrected chi connectivity index (χ4v) is 3.75. The first-order chi connectivity index (χ1) is 11.1. The van der Waals surface area contributed by atoms with Crippen LogP contribution >= 0.6 is 46.7 Å². The van der Waals surface area contributed by atoms with Gasteiger partial charge in [0.25, 0.3) is 0 Å². The molecule has 0 aliphatic carbocycles. The predicted molar refractivity (Wildman–Crippen MR) is 97.6 cm³/mol. The number of nitrogen functional groups attached to an aromatic ring is 1. The molecule has 23 heavy (non-hydrogen) atoms. The van der Waals surface area contributed by atoms with Gasteiger partial charge in [-0.05, 0) is 48.5 Å². The molecule has 0 atom stereocenters. The van der Waals surface area contributed by atoms with E-state index in [2.05, 4.69) is 9.97 Å². The Morgan fingerprint density at radius 1 is 0.696 bits per heavy atom. The van der Waals surface area contributed by atoms with Crippen LogP contribution in [0.5, 0.6) is 0 Å². The molecule has 2 N–H and O–H groups in total. The quantitative estimate of drug-likeness (QED) is 0.591. The van der Waals surface area contributed by atoms with Gasteiger partial charge in [-0.3, -0.25) is 0 Å². The second kappa shape index (κ2) is 7.45. The third-order valence-corrected chi connectivity index (χ3v) is 5.12. The molecule has 0 aliphatic rings. The molecule has 0 unspecified atom stereocenters. The van der Waals surface area contributed by atoms with Crippen molar-refractivity contribution in [3.05, 3.63) is 64.6 Å². The number of halogens is 2. The van der Waals surface area contributed by atoms with Gasteiger partial charge in [0.1, 0.15) is 10.1 Å². The van der Waals surface area contributed by atoms with Crippen LogP contribution in [-0.4, -0.2) is 9.97 Å². The van der Waals surface area contributed by atoms with E-state index in [9.17, 15) is 0 Å². The lowest BCUT2D eigenvalue weighted by molar-refractivity contribution is 0.981. The van der Waals surface area contributed by atoms with Crippen LogP contribution in [0.15, 0.2) is 74.4 Å². The SMILES string of the molecule is Nc1nc(Sc2ccc(Cl)cc2)cc(Sc2ccc(Cl)cc2)n1. The smallest absolute Gasteiger partial charge is 0.222 e. The lowest BCUT2D eigenvalue weighted by atomic mass is 10.4. The Balaban J connectivity index is 1.81. The van der Waals surface area contributed by atoms with Gasteiger partial charge in [-0.2, -0.15) is 0 Å². The largest absolute Gasteiger partial charge is 0.368 e. The van der Waals surface area contributed by atoms with E-state index in [1.54, 1.807) is 0 Å². The maximum atomic E-state index is 5.90. The summed E-state index contributed by atoms with van der Waals surface area (Å²) in [5.41, 5.74) is 5.82. The van der Waals surface area contributed by atoms with E-state index in [1.165, 1.54) is 23.5 Å². The molecule has 1 heterocycles. The third kappa shape index (κ3) is 4.78. The Labute approximate surface area is 152 Å². The first-order valence-corrected chi connectivity index (χ1v) is 8.99. The number of anilines is 1. The Hall–Kier alpha value is -1.40. The number of rotatable bonds is 4. The van der Waals surface area contributed by atoms with Crippen molar-refractivity contribution in [1.82, 2.24) is 9.97 Å². The van der Waals surface area contributed by atoms with E-state index < -0.39 is 0 Å². The van der Waals surface area contributed by atoms with Gasteiger partial charge in [-0.25, -0.2) is 9.97 Å². The zero-order valence-corrected chi connectivity index (χ0v) is 14.9. The third-order valence-electron chi connectivity index (χ3n) is 2.77. The summed E-state index contributed by atoms with van der Waals surface area (Å²) in [6.07, 6.45) is 0. The molecule has 7 heteroatoms. The normalized spacial score (nSPS) is 10.7. The highest BCUT2D eigenvalue weighted by Gasteiger charge is 2.07. The van der Waals surface area contributed by atoms with Crippen molar-refractivity contribution in [3.8, 4) is 0 Å². The van der Waals surface area contributed by atoms with Gasteiger partial charge in [-0.15, -0.1) is 0 Å². The summed E-state index contributed by atoms with van der Waals surface area (Å²) in [4.78, 5) is 10.6. The van der Waals surface area contributed by atoms with Gasteiger partial charge >= 0.3 is 0 Å². The molecule has 0 radical (unpaired) electrons.